The van der Waals surface area contributed by atoms with Crippen LogP contribution in [0.15, 0.2) is 0 Å². The van der Waals surface area contributed by atoms with E-state index in [4.69, 9.17) is 9.84 Å². The fraction of sp³-hybridized carbons (Fsp3) is 0.846. The van der Waals surface area contributed by atoms with E-state index >= 15 is 0 Å². The van der Waals surface area contributed by atoms with Crippen LogP contribution in [0.3, 0.4) is 0 Å². The van der Waals surface area contributed by atoms with Crippen LogP contribution in [-0.4, -0.2) is 64.7 Å². The van der Waals surface area contributed by atoms with Gasteiger partial charge >= 0.3 is 12.2 Å². The largest absolute Gasteiger partial charge is 0.465 e. The van der Waals surface area contributed by atoms with E-state index < -0.39 is 11.7 Å². The molecule has 118 valence electrons. The number of halogens is 1. The molecule has 0 aromatic heterocycles. The minimum atomic E-state index is -0.925. The van der Waals surface area contributed by atoms with Crippen LogP contribution in [0.5, 0.6) is 0 Å². The van der Waals surface area contributed by atoms with Gasteiger partial charge in [-0.25, -0.2) is 9.59 Å². The van der Waals surface area contributed by atoms with Gasteiger partial charge < -0.3 is 19.6 Å². The van der Waals surface area contributed by atoms with Crippen LogP contribution in [0.1, 0.15) is 33.6 Å². The Balaban J connectivity index is 4.07. The number of ether oxygens (including phenoxy) is 1. The lowest BCUT2D eigenvalue weighted by atomic mass is 10.2. The molecule has 0 aliphatic rings. The SMILES string of the molecule is CN(CCCN(CCCBr)C(=O)O)C(=O)OC(C)(C)C. The van der Waals surface area contributed by atoms with Gasteiger partial charge in [0.2, 0.25) is 0 Å². The number of hydrogen-bond donors (Lipinski definition) is 1. The lowest BCUT2D eigenvalue weighted by Crippen LogP contribution is -2.37. The number of amides is 2. The number of carboxylic acid groups (broad SMARTS) is 1. The minimum Gasteiger partial charge on any atom is -0.465 e. The zero-order chi connectivity index (χ0) is 15.8. The van der Waals surface area contributed by atoms with Crippen LogP contribution in [0, 0.1) is 0 Å². The lowest BCUT2D eigenvalue weighted by molar-refractivity contribution is 0.0294. The molecule has 0 heterocycles. The molecule has 0 saturated heterocycles. The van der Waals surface area contributed by atoms with Crippen molar-refractivity contribution in [3.63, 3.8) is 0 Å². The smallest absolute Gasteiger partial charge is 0.410 e. The fourth-order valence-corrected chi connectivity index (χ4v) is 1.73. The lowest BCUT2D eigenvalue weighted by Gasteiger charge is -2.25. The highest BCUT2D eigenvalue weighted by atomic mass is 79.9. The first kappa shape index (κ1) is 19.0. The predicted molar refractivity (Wildman–Crippen MR) is 81.5 cm³/mol. The van der Waals surface area contributed by atoms with Gasteiger partial charge in [0, 0.05) is 32.0 Å². The normalized spacial score (nSPS) is 11.1. The Bertz CT molecular complexity index is 318. The molecule has 0 fully saturated rings. The molecule has 0 rings (SSSR count). The van der Waals surface area contributed by atoms with Gasteiger partial charge in [0.15, 0.2) is 0 Å². The summed E-state index contributed by atoms with van der Waals surface area (Å²) in [5.41, 5.74) is -0.520. The first-order valence-electron chi connectivity index (χ1n) is 6.65. The third kappa shape index (κ3) is 9.01. The summed E-state index contributed by atoms with van der Waals surface area (Å²) in [6.45, 7) is 6.81. The van der Waals surface area contributed by atoms with Crippen molar-refractivity contribution in [2.75, 3.05) is 32.0 Å². The number of rotatable bonds is 7. The number of carbonyl (C=O) groups is 2. The molecule has 6 nitrogen and oxygen atoms in total. The molecule has 0 bridgehead atoms. The minimum absolute atomic E-state index is 0.389. The van der Waals surface area contributed by atoms with Gasteiger partial charge in [-0.3, -0.25) is 0 Å². The molecule has 0 aliphatic heterocycles. The molecular weight excluding hydrogens is 328 g/mol. The topological polar surface area (TPSA) is 70.1 Å². The molecule has 1 N–H and O–H groups in total. The summed E-state index contributed by atoms with van der Waals surface area (Å²) in [6, 6.07) is 0. The van der Waals surface area contributed by atoms with E-state index in [9.17, 15) is 9.59 Å². The van der Waals surface area contributed by atoms with E-state index in [0.29, 0.717) is 26.1 Å². The second-order valence-corrected chi connectivity index (χ2v) is 6.36. The van der Waals surface area contributed by atoms with Crippen LogP contribution < -0.4 is 0 Å². The number of hydrogen-bond acceptors (Lipinski definition) is 3. The maximum atomic E-state index is 11.7. The van der Waals surface area contributed by atoms with E-state index in [-0.39, 0.29) is 6.09 Å². The summed E-state index contributed by atoms with van der Waals surface area (Å²) >= 11 is 3.28. The van der Waals surface area contributed by atoms with Crippen molar-refractivity contribution >= 4 is 28.1 Å². The Morgan fingerprint density at radius 2 is 1.70 bits per heavy atom. The number of carbonyl (C=O) groups excluding carboxylic acids is 1. The van der Waals surface area contributed by atoms with Crippen LogP contribution in [0.4, 0.5) is 9.59 Å². The van der Waals surface area contributed by atoms with Gasteiger partial charge in [-0.1, -0.05) is 15.9 Å². The molecule has 0 aromatic rings. The van der Waals surface area contributed by atoms with Crippen LogP contribution in [0.25, 0.3) is 0 Å². The van der Waals surface area contributed by atoms with Crippen molar-refractivity contribution in [3.8, 4) is 0 Å². The Labute approximate surface area is 129 Å². The molecule has 0 radical (unpaired) electrons. The standard InChI is InChI=1S/C13H25BrN2O4/c1-13(2,3)20-12(19)15(4)8-6-10-16(11(17)18)9-5-7-14/h5-10H2,1-4H3,(H,17,18). The van der Waals surface area contributed by atoms with E-state index in [0.717, 1.165) is 11.8 Å². The van der Waals surface area contributed by atoms with Crippen molar-refractivity contribution in [2.45, 2.75) is 39.2 Å². The third-order valence-electron chi connectivity index (χ3n) is 2.46. The third-order valence-corrected chi connectivity index (χ3v) is 3.02. The molecule has 0 spiro atoms. The maximum Gasteiger partial charge on any atom is 0.410 e. The van der Waals surface area contributed by atoms with Crippen molar-refractivity contribution in [3.05, 3.63) is 0 Å². The highest BCUT2D eigenvalue weighted by Gasteiger charge is 2.19. The predicted octanol–water partition coefficient (Wildman–Crippen LogP) is 3.01. The van der Waals surface area contributed by atoms with Crippen molar-refractivity contribution in [1.29, 1.82) is 0 Å². The second kappa shape index (κ2) is 9.05. The van der Waals surface area contributed by atoms with Gasteiger partial charge in [-0.05, 0) is 33.6 Å². The molecule has 0 aromatic carbocycles. The van der Waals surface area contributed by atoms with Gasteiger partial charge in [-0.15, -0.1) is 0 Å². The molecule has 2 amide bonds. The average Bonchev–Trinajstić information content (AvgIpc) is 2.30. The molecule has 7 heteroatoms. The van der Waals surface area contributed by atoms with E-state index in [1.807, 2.05) is 20.8 Å². The van der Waals surface area contributed by atoms with Crippen LogP contribution in [0.2, 0.25) is 0 Å². The van der Waals surface area contributed by atoms with E-state index in [2.05, 4.69) is 15.9 Å². The molecule has 0 aliphatic carbocycles. The highest BCUT2D eigenvalue weighted by molar-refractivity contribution is 9.09. The summed E-state index contributed by atoms with van der Waals surface area (Å²) in [7, 11) is 1.65. The number of alkyl halides is 1. The van der Waals surface area contributed by atoms with E-state index in [1.165, 1.54) is 9.80 Å². The molecular formula is C13H25BrN2O4. The summed E-state index contributed by atoms with van der Waals surface area (Å²) < 4.78 is 5.22. The summed E-state index contributed by atoms with van der Waals surface area (Å²) in [6.07, 6.45) is 0.0455. The Kier molecular flexibility index (Phi) is 8.60. The Morgan fingerprint density at radius 3 is 2.15 bits per heavy atom. The molecule has 0 atom stereocenters. The van der Waals surface area contributed by atoms with Crippen molar-refractivity contribution in [2.24, 2.45) is 0 Å². The summed E-state index contributed by atoms with van der Waals surface area (Å²) in [5, 5.41) is 9.80. The summed E-state index contributed by atoms with van der Waals surface area (Å²) in [5.74, 6) is 0. The Hall–Kier alpha value is -0.980. The average molecular weight is 353 g/mol. The number of nitrogens with zero attached hydrogens (tertiary/aromatic N) is 2. The molecule has 0 saturated carbocycles. The molecule has 20 heavy (non-hydrogen) atoms. The zero-order valence-corrected chi connectivity index (χ0v) is 14.3. The van der Waals surface area contributed by atoms with Gasteiger partial charge in [0.25, 0.3) is 0 Å². The van der Waals surface area contributed by atoms with Crippen molar-refractivity contribution < 1.29 is 19.4 Å². The van der Waals surface area contributed by atoms with Gasteiger partial charge in [0.05, 0.1) is 0 Å². The molecule has 0 unspecified atom stereocenters. The highest BCUT2D eigenvalue weighted by Crippen LogP contribution is 2.09. The van der Waals surface area contributed by atoms with Crippen LogP contribution in [-0.2, 0) is 4.74 Å². The second-order valence-electron chi connectivity index (χ2n) is 5.57. The Morgan fingerprint density at radius 1 is 1.15 bits per heavy atom. The summed E-state index contributed by atoms with van der Waals surface area (Å²) in [4.78, 5) is 25.5. The zero-order valence-electron chi connectivity index (χ0n) is 12.7. The monoisotopic (exact) mass is 352 g/mol. The first-order valence-corrected chi connectivity index (χ1v) is 7.77. The van der Waals surface area contributed by atoms with E-state index in [1.54, 1.807) is 7.05 Å². The van der Waals surface area contributed by atoms with Crippen LogP contribution >= 0.6 is 15.9 Å². The van der Waals surface area contributed by atoms with Gasteiger partial charge in [0.1, 0.15) is 5.60 Å². The van der Waals surface area contributed by atoms with Crippen molar-refractivity contribution in [1.82, 2.24) is 9.80 Å². The maximum absolute atomic E-state index is 11.7. The van der Waals surface area contributed by atoms with Gasteiger partial charge in [-0.2, -0.15) is 0 Å². The first-order chi connectivity index (χ1) is 9.17. The quantitative estimate of drug-likeness (QED) is 0.715. The fourth-order valence-electron chi connectivity index (χ4n) is 1.48.